The van der Waals surface area contributed by atoms with Gasteiger partial charge in [0.15, 0.2) is 0 Å². The van der Waals surface area contributed by atoms with E-state index in [9.17, 15) is 0 Å². The molecular formula is C14H21NS. The summed E-state index contributed by atoms with van der Waals surface area (Å²) in [7, 11) is 2.07. The zero-order chi connectivity index (χ0) is 11.4. The third-order valence-electron chi connectivity index (χ3n) is 3.30. The van der Waals surface area contributed by atoms with E-state index >= 15 is 0 Å². The van der Waals surface area contributed by atoms with Crippen LogP contribution in [-0.2, 0) is 6.42 Å². The average Bonchev–Trinajstić information content (AvgIpc) is 2.80. The van der Waals surface area contributed by atoms with E-state index in [0.717, 1.165) is 6.42 Å². The molecule has 1 atom stereocenters. The van der Waals surface area contributed by atoms with Crippen LogP contribution in [-0.4, -0.2) is 7.05 Å². The maximum Gasteiger partial charge on any atom is 0.0628 e. The highest BCUT2D eigenvalue weighted by Crippen LogP contribution is 2.33. The Morgan fingerprint density at radius 2 is 2.25 bits per heavy atom. The maximum atomic E-state index is 3.47. The molecule has 0 saturated carbocycles. The predicted octanol–water partition coefficient (Wildman–Crippen LogP) is 4.07. The second-order valence-electron chi connectivity index (χ2n) is 4.40. The van der Waals surface area contributed by atoms with Gasteiger partial charge in [-0.25, -0.2) is 0 Å². The van der Waals surface area contributed by atoms with Gasteiger partial charge in [0.05, 0.1) is 6.04 Å². The molecule has 1 N–H and O–H groups in total. The normalized spacial score (nSPS) is 18.2. The Morgan fingerprint density at radius 1 is 1.38 bits per heavy atom. The topological polar surface area (TPSA) is 12.0 Å². The van der Waals surface area contributed by atoms with E-state index in [0.29, 0.717) is 6.04 Å². The van der Waals surface area contributed by atoms with Crippen molar-refractivity contribution >= 4 is 11.3 Å². The fraction of sp³-hybridized carbons (Fsp3) is 0.571. The van der Waals surface area contributed by atoms with Gasteiger partial charge in [0, 0.05) is 9.75 Å². The second kappa shape index (κ2) is 5.65. The van der Waals surface area contributed by atoms with E-state index < -0.39 is 0 Å². The Kier molecular flexibility index (Phi) is 4.19. The van der Waals surface area contributed by atoms with Crippen molar-refractivity contribution in [2.24, 2.45) is 0 Å². The highest BCUT2D eigenvalue weighted by molar-refractivity contribution is 7.12. The molecular weight excluding hydrogens is 214 g/mol. The average molecular weight is 235 g/mol. The summed E-state index contributed by atoms with van der Waals surface area (Å²) in [6.07, 6.45) is 8.85. The van der Waals surface area contributed by atoms with Crippen molar-refractivity contribution in [1.29, 1.82) is 0 Å². The van der Waals surface area contributed by atoms with Crippen LogP contribution in [0.2, 0.25) is 0 Å². The van der Waals surface area contributed by atoms with Gasteiger partial charge in [0.1, 0.15) is 0 Å². The first-order valence-electron chi connectivity index (χ1n) is 6.30. The summed E-state index contributed by atoms with van der Waals surface area (Å²) in [5.74, 6) is 0. The van der Waals surface area contributed by atoms with Gasteiger partial charge in [-0.15, -0.1) is 11.3 Å². The molecule has 1 nitrogen and oxygen atoms in total. The highest BCUT2D eigenvalue weighted by atomic mass is 32.1. The number of thiophene rings is 1. The molecule has 0 spiro atoms. The van der Waals surface area contributed by atoms with Gasteiger partial charge in [-0.2, -0.15) is 0 Å². The van der Waals surface area contributed by atoms with Crippen LogP contribution in [0.25, 0.3) is 0 Å². The minimum Gasteiger partial charge on any atom is -0.309 e. The number of hydrogen-bond donors (Lipinski definition) is 1. The molecule has 0 saturated heterocycles. The van der Waals surface area contributed by atoms with E-state index in [1.165, 1.54) is 35.4 Å². The minimum atomic E-state index is 0.464. The smallest absolute Gasteiger partial charge is 0.0628 e. The van der Waals surface area contributed by atoms with Crippen LogP contribution in [0.5, 0.6) is 0 Å². The number of nitrogens with one attached hydrogen (secondary N) is 1. The highest BCUT2D eigenvalue weighted by Gasteiger charge is 2.17. The molecule has 88 valence electrons. The predicted molar refractivity (Wildman–Crippen MR) is 72.0 cm³/mol. The first-order valence-corrected chi connectivity index (χ1v) is 7.11. The molecule has 0 bridgehead atoms. The van der Waals surface area contributed by atoms with Crippen LogP contribution in [0.4, 0.5) is 0 Å². The molecule has 2 heteroatoms. The van der Waals surface area contributed by atoms with Gasteiger partial charge in [-0.1, -0.05) is 18.6 Å². The lowest BCUT2D eigenvalue weighted by atomic mass is 9.93. The van der Waals surface area contributed by atoms with E-state index in [2.05, 4.69) is 37.5 Å². The molecule has 1 unspecified atom stereocenters. The van der Waals surface area contributed by atoms with Crippen molar-refractivity contribution in [3.05, 3.63) is 33.5 Å². The summed E-state index contributed by atoms with van der Waals surface area (Å²) >= 11 is 1.96. The zero-order valence-corrected chi connectivity index (χ0v) is 11.1. The summed E-state index contributed by atoms with van der Waals surface area (Å²) in [6, 6.07) is 5.03. The lowest BCUT2D eigenvalue weighted by Crippen LogP contribution is -2.18. The molecule has 1 aliphatic carbocycles. The third-order valence-corrected chi connectivity index (χ3v) is 4.60. The molecule has 1 aliphatic rings. The zero-order valence-electron chi connectivity index (χ0n) is 10.3. The summed E-state index contributed by atoms with van der Waals surface area (Å²) in [4.78, 5) is 2.97. The monoisotopic (exact) mass is 235 g/mol. The van der Waals surface area contributed by atoms with Crippen molar-refractivity contribution in [2.45, 2.75) is 45.1 Å². The maximum absolute atomic E-state index is 3.47. The van der Waals surface area contributed by atoms with Crippen LogP contribution in [0.3, 0.4) is 0 Å². The molecule has 2 rings (SSSR count). The Labute approximate surface area is 103 Å². The molecule has 0 amide bonds. The first-order chi connectivity index (χ1) is 7.85. The molecule has 0 radical (unpaired) electrons. The molecule has 16 heavy (non-hydrogen) atoms. The van der Waals surface area contributed by atoms with Crippen LogP contribution in [0.15, 0.2) is 23.8 Å². The summed E-state index contributed by atoms with van der Waals surface area (Å²) in [6.45, 7) is 2.23. The minimum absolute atomic E-state index is 0.464. The van der Waals surface area contributed by atoms with Gasteiger partial charge >= 0.3 is 0 Å². The fourth-order valence-corrected chi connectivity index (χ4v) is 3.48. The first kappa shape index (κ1) is 11.9. The van der Waals surface area contributed by atoms with Gasteiger partial charge in [-0.05, 0) is 51.3 Å². The van der Waals surface area contributed by atoms with Crippen molar-refractivity contribution in [3.63, 3.8) is 0 Å². The van der Waals surface area contributed by atoms with Crippen molar-refractivity contribution in [2.75, 3.05) is 7.05 Å². The summed E-state index contributed by atoms with van der Waals surface area (Å²) < 4.78 is 0. The van der Waals surface area contributed by atoms with Crippen molar-refractivity contribution in [1.82, 2.24) is 5.32 Å². The van der Waals surface area contributed by atoms with E-state index in [1.54, 1.807) is 5.57 Å². The number of rotatable bonds is 4. The van der Waals surface area contributed by atoms with Crippen LogP contribution < -0.4 is 5.32 Å². The Bertz CT molecular complexity index is 365. The van der Waals surface area contributed by atoms with Gasteiger partial charge in [0.25, 0.3) is 0 Å². The number of aryl methyl sites for hydroxylation is 1. The molecule has 0 fully saturated rings. The number of hydrogen-bond acceptors (Lipinski definition) is 2. The molecule has 0 aliphatic heterocycles. The lowest BCUT2D eigenvalue weighted by molar-refractivity contribution is 0.599. The van der Waals surface area contributed by atoms with E-state index in [4.69, 9.17) is 0 Å². The number of allylic oxidation sites excluding steroid dienone is 1. The Hall–Kier alpha value is -0.600. The number of likely N-dealkylation sites (N-methyl/N-ethyl adjacent to an activating group) is 1. The van der Waals surface area contributed by atoms with Gasteiger partial charge in [0.2, 0.25) is 0 Å². The third kappa shape index (κ3) is 2.55. The van der Waals surface area contributed by atoms with Crippen molar-refractivity contribution < 1.29 is 0 Å². The SMILES string of the molecule is CCc1ccc(C(NC)C2=CCCCC2)s1. The van der Waals surface area contributed by atoms with E-state index in [1.807, 2.05) is 11.3 Å². The summed E-state index contributed by atoms with van der Waals surface area (Å²) in [5, 5.41) is 3.47. The second-order valence-corrected chi connectivity index (χ2v) is 5.60. The summed E-state index contributed by atoms with van der Waals surface area (Å²) in [5.41, 5.74) is 1.60. The van der Waals surface area contributed by atoms with Crippen molar-refractivity contribution in [3.8, 4) is 0 Å². The lowest BCUT2D eigenvalue weighted by Gasteiger charge is -2.21. The van der Waals surface area contributed by atoms with Crippen LogP contribution in [0, 0.1) is 0 Å². The van der Waals surface area contributed by atoms with Crippen LogP contribution in [0.1, 0.15) is 48.4 Å². The largest absolute Gasteiger partial charge is 0.309 e. The standard InChI is InChI=1S/C14H21NS/c1-3-12-9-10-13(16-12)14(15-2)11-7-5-4-6-8-11/h7,9-10,14-15H,3-6,8H2,1-2H3. The Morgan fingerprint density at radius 3 is 2.81 bits per heavy atom. The Balaban J connectivity index is 2.17. The van der Waals surface area contributed by atoms with Crippen LogP contribution >= 0.6 is 11.3 Å². The van der Waals surface area contributed by atoms with Gasteiger partial charge < -0.3 is 5.32 Å². The quantitative estimate of drug-likeness (QED) is 0.776. The fourth-order valence-electron chi connectivity index (χ4n) is 2.38. The molecule has 0 aromatic carbocycles. The van der Waals surface area contributed by atoms with E-state index in [-0.39, 0.29) is 0 Å². The molecule has 1 heterocycles. The molecule has 1 aromatic heterocycles. The molecule has 1 aromatic rings. The van der Waals surface area contributed by atoms with Gasteiger partial charge in [-0.3, -0.25) is 0 Å².